The van der Waals surface area contributed by atoms with Crippen LogP contribution in [0.2, 0.25) is 0 Å². The van der Waals surface area contributed by atoms with E-state index in [0.29, 0.717) is 18.0 Å². The monoisotopic (exact) mass is 352 g/mol. The number of aromatic nitrogens is 1. The Morgan fingerprint density at radius 1 is 1.12 bits per heavy atom. The number of hydrogen-bond acceptors (Lipinski definition) is 3. The highest BCUT2D eigenvalue weighted by atomic mass is 32.1. The molecule has 0 radical (unpaired) electrons. The normalized spacial score (nSPS) is 13.6. The molecule has 25 heavy (non-hydrogen) atoms. The molecule has 0 unspecified atom stereocenters. The zero-order chi connectivity index (χ0) is 17.2. The Morgan fingerprint density at radius 2 is 1.84 bits per heavy atom. The first kappa shape index (κ1) is 16.0. The van der Waals surface area contributed by atoms with Crippen molar-refractivity contribution in [1.29, 1.82) is 0 Å². The molecule has 1 saturated carbocycles. The molecule has 4 rings (SSSR count). The molecule has 3 aromatic rings. The van der Waals surface area contributed by atoms with Crippen LogP contribution in [-0.2, 0) is 6.54 Å². The van der Waals surface area contributed by atoms with Crippen LogP contribution in [0.3, 0.4) is 0 Å². The lowest BCUT2D eigenvalue weighted by molar-refractivity contribution is 0.0951. The van der Waals surface area contributed by atoms with Crippen LogP contribution in [-0.4, -0.2) is 10.9 Å². The van der Waals surface area contributed by atoms with Gasteiger partial charge in [0.1, 0.15) is 5.82 Å². The van der Waals surface area contributed by atoms with Gasteiger partial charge in [-0.15, -0.1) is 11.3 Å². The highest BCUT2D eigenvalue weighted by Gasteiger charge is 2.26. The van der Waals surface area contributed by atoms with Gasteiger partial charge in [0.15, 0.2) is 0 Å². The van der Waals surface area contributed by atoms with Crippen LogP contribution >= 0.6 is 11.3 Å². The quantitative estimate of drug-likeness (QED) is 0.719. The van der Waals surface area contributed by atoms with Crippen molar-refractivity contribution in [3.8, 4) is 11.3 Å². The molecule has 0 aliphatic heterocycles. The number of carbonyl (C=O) groups excluding carboxylic acids is 1. The molecule has 1 amide bonds. The van der Waals surface area contributed by atoms with Crippen LogP contribution in [0.4, 0.5) is 4.39 Å². The first-order valence-corrected chi connectivity index (χ1v) is 9.15. The van der Waals surface area contributed by atoms with Crippen LogP contribution in [0.1, 0.15) is 39.7 Å². The van der Waals surface area contributed by atoms with E-state index < -0.39 is 0 Å². The molecule has 1 aliphatic carbocycles. The van der Waals surface area contributed by atoms with E-state index in [1.165, 1.54) is 30.0 Å². The Hall–Kier alpha value is -2.53. The number of rotatable bonds is 5. The Morgan fingerprint density at radius 3 is 2.52 bits per heavy atom. The van der Waals surface area contributed by atoms with E-state index in [4.69, 9.17) is 0 Å². The number of nitrogens with one attached hydrogen (secondary N) is 1. The summed E-state index contributed by atoms with van der Waals surface area (Å²) in [5, 5.41) is 6.15. The van der Waals surface area contributed by atoms with E-state index >= 15 is 0 Å². The Kier molecular flexibility index (Phi) is 4.32. The molecule has 0 bridgehead atoms. The molecular formula is C20H17FN2OS. The van der Waals surface area contributed by atoms with Crippen LogP contribution in [0.5, 0.6) is 0 Å². The van der Waals surface area contributed by atoms with Crippen LogP contribution in [0.25, 0.3) is 11.3 Å². The van der Waals surface area contributed by atoms with Crippen molar-refractivity contribution in [2.45, 2.75) is 25.3 Å². The number of carbonyl (C=O) groups is 1. The van der Waals surface area contributed by atoms with E-state index in [-0.39, 0.29) is 11.7 Å². The molecule has 1 fully saturated rings. The van der Waals surface area contributed by atoms with Crippen molar-refractivity contribution in [3.05, 3.63) is 75.9 Å². The van der Waals surface area contributed by atoms with Gasteiger partial charge in [-0.3, -0.25) is 4.79 Å². The Labute approximate surface area is 149 Å². The maximum atomic E-state index is 12.9. The number of thiazole rings is 1. The molecule has 1 heterocycles. The summed E-state index contributed by atoms with van der Waals surface area (Å²) in [7, 11) is 0. The van der Waals surface area contributed by atoms with Gasteiger partial charge in [-0.05, 0) is 42.7 Å². The summed E-state index contributed by atoms with van der Waals surface area (Å²) in [4.78, 5) is 16.9. The lowest BCUT2D eigenvalue weighted by Crippen LogP contribution is -2.22. The van der Waals surface area contributed by atoms with E-state index in [1.54, 1.807) is 23.5 Å². The third kappa shape index (κ3) is 3.77. The van der Waals surface area contributed by atoms with E-state index in [1.807, 2.05) is 24.3 Å². The molecule has 126 valence electrons. The fourth-order valence-corrected chi connectivity index (χ4v) is 3.62. The van der Waals surface area contributed by atoms with Crippen molar-refractivity contribution in [1.82, 2.24) is 10.3 Å². The molecule has 2 aromatic carbocycles. The minimum Gasteiger partial charge on any atom is -0.348 e. The summed E-state index contributed by atoms with van der Waals surface area (Å²) in [5.74, 6) is 0.237. The van der Waals surface area contributed by atoms with Gasteiger partial charge in [0, 0.05) is 29.0 Å². The van der Waals surface area contributed by atoms with Crippen LogP contribution < -0.4 is 5.32 Å². The minimum atomic E-state index is -0.280. The first-order chi connectivity index (χ1) is 12.2. The predicted molar refractivity (Wildman–Crippen MR) is 97.1 cm³/mol. The largest absolute Gasteiger partial charge is 0.348 e. The van der Waals surface area contributed by atoms with E-state index in [9.17, 15) is 9.18 Å². The standard InChI is InChI=1S/C20H17FN2OS/c21-17-9-1-13(2-10-17)11-22-19(24)15-5-3-14(4-6-15)18-12-25-20(23-18)16-7-8-16/h1-6,9-10,12,16H,7-8,11H2,(H,22,24). The summed E-state index contributed by atoms with van der Waals surface area (Å²) in [6.07, 6.45) is 2.50. The Balaban J connectivity index is 1.40. The minimum absolute atomic E-state index is 0.146. The molecule has 0 saturated heterocycles. The first-order valence-electron chi connectivity index (χ1n) is 8.27. The molecular weight excluding hydrogens is 335 g/mol. The van der Waals surface area contributed by atoms with Gasteiger partial charge in [-0.1, -0.05) is 24.3 Å². The predicted octanol–water partition coefficient (Wildman–Crippen LogP) is 4.76. The molecule has 1 N–H and O–H groups in total. The van der Waals surface area contributed by atoms with Gasteiger partial charge in [0.25, 0.3) is 5.91 Å². The summed E-state index contributed by atoms with van der Waals surface area (Å²) in [6.45, 7) is 0.373. The molecule has 1 aromatic heterocycles. The van der Waals surface area contributed by atoms with Gasteiger partial charge in [-0.25, -0.2) is 9.37 Å². The SMILES string of the molecule is O=C(NCc1ccc(F)cc1)c1ccc(-c2csc(C3CC3)n2)cc1. The highest BCUT2D eigenvalue weighted by Crippen LogP contribution is 2.42. The summed E-state index contributed by atoms with van der Waals surface area (Å²) < 4.78 is 12.9. The fraction of sp³-hybridized carbons (Fsp3) is 0.200. The molecule has 0 atom stereocenters. The maximum absolute atomic E-state index is 12.9. The van der Waals surface area contributed by atoms with Crippen LogP contribution in [0, 0.1) is 5.82 Å². The van der Waals surface area contributed by atoms with Gasteiger partial charge in [-0.2, -0.15) is 0 Å². The molecule has 0 spiro atoms. The maximum Gasteiger partial charge on any atom is 0.251 e. The number of nitrogens with zero attached hydrogens (tertiary/aromatic N) is 1. The Bertz CT molecular complexity index is 883. The summed E-state index contributed by atoms with van der Waals surface area (Å²) in [5.41, 5.74) is 3.47. The van der Waals surface area contributed by atoms with E-state index in [0.717, 1.165) is 16.8 Å². The third-order valence-electron chi connectivity index (χ3n) is 4.26. The fourth-order valence-electron chi connectivity index (χ4n) is 2.62. The summed E-state index contributed by atoms with van der Waals surface area (Å²) in [6, 6.07) is 13.6. The van der Waals surface area contributed by atoms with Crippen molar-refractivity contribution in [2.24, 2.45) is 0 Å². The number of halogens is 1. The molecule has 1 aliphatic rings. The zero-order valence-electron chi connectivity index (χ0n) is 13.5. The second kappa shape index (κ2) is 6.76. The number of benzene rings is 2. The smallest absolute Gasteiger partial charge is 0.251 e. The van der Waals surface area contributed by atoms with Gasteiger partial charge in [0.05, 0.1) is 10.7 Å². The number of amides is 1. The van der Waals surface area contributed by atoms with Gasteiger partial charge < -0.3 is 5.32 Å². The molecule has 5 heteroatoms. The lowest BCUT2D eigenvalue weighted by atomic mass is 10.1. The second-order valence-electron chi connectivity index (χ2n) is 6.23. The van der Waals surface area contributed by atoms with Crippen molar-refractivity contribution < 1.29 is 9.18 Å². The lowest BCUT2D eigenvalue weighted by Gasteiger charge is -2.06. The van der Waals surface area contributed by atoms with Crippen LogP contribution in [0.15, 0.2) is 53.9 Å². The average Bonchev–Trinajstić information content (AvgIpc) is 3.38. The van der Waals surface area contributed by atoms with Gasteiger partial charge in [0.2, 0.25) is 0 Å². The number of hydrogen-bond donors (Lipinski definition) is 1. The second-order valence-corrected chi connectivity index (χ2v) is 7.12. The average molecular weight is 352 g/mol. The van der Waals surface area contributed by atoms with E-state index in [2.05, 4.69) is 15.7 Å². The topological polar surface area (TPSA) is 42.0 Å². The third-order valence-corrected chi connectivity index (χ3v) is 5.26. The van der Waals surface area contributed by atoms with Crippen molar-refractivity contribution in [2.75, 3.05) is 0 Å². The molecule has 3 nitrogen and oxygen atoms in total. The summed E-state index contributed by atoms with van der Waals surface area (Å²) >= 11 is 1.72. The van der Waals surface area contributed by atoms with Crippen molar-refractivity contribution in [3.63, 3.8) is 0 Å². The van der Waals surface area contributed by atoms with Crippen molar-refractivity contribution >= 4 is 17.2 Å². The highest BCUT2D eigenvalue weighted by molar-refractivity contribution is 7.10. The van der Waals surface area contributed by atoms with Gasteiger partial charge >= 0.3 is 0 Å². The zero-order valence-corrected chi connectivity index (χ0v) is 14.4.